The third-order valence-corrected chi connectivity index (χ3v) is 2.98. The molecule has 0 aliphatic heterocycles. The summed E-state index contributed by atoms with van der Waals surface area (Å²) in [5, 5.41) is 7.18. The maximum absolute atomic E-state index is 12.1. The fraction of sp³-hybridized carbons (Fsp3) is 0.615. The van der Waals surface area contributed by atoms with Crippen LogP contribution < -0.4 is 16.6 Å². The molecule has 0 atom stereocenters. The van der Waals surface area contributed by atoms with Gasteiger partial charge in [-0.1, -0.05) is 25.4 Å². The minimum atomic E-state index is -0.603. The average molecular weight is 301 g/mol. The van der Waals surface area contributed by atoms with Crippen molar-refractivity contribution in [2.24, 2.45) is 11.7 Å². The van der Waals surface area contributed by atoms with Crippen LogP contribution in [0.25, 0.3) is 0 Å². The van der Waals surface area contributed by atoms with Crippen LogP contribution in [0, 0.1) is 5.92 Å². The van der Waals surface area contributed by atoms with Crippen molar-refractivity contribution in [2.75, 3.05) is 5.32 Å². The lowest BCUT2D eigenvalue weighted by Crippen LogP contribution is -2.37. The molecule has 3 N–H and O–H groups in total. The zero-order valence-corrected chi connectivity index (χ0v) is 13.0. The molecule has 1 amide bonds. The van der Waals surface area contributed by atoms with Gasteiger partial charge in [0.25, 0.3) is 5.56 Å². The standard InChI is InChI=1S/C13H21ClN4O2/c1-8(2)7-18-12(20)11(14)9(6-16-18)17-13(3,4)5-10(15)19/h6,8,17H,5,7H2,1-4H3,(H2,15,19). The highest BCUT2D eigenvalue weighted by Gasteiger charge is 2.22. The van der Waals surface area contributed by atoms with E-state index >= 15 is 0 Å². The number of aromatic nitrogens is 2. The first-order chi connectivity index (χ1) is 9.12. The number of nitrogens with zero attached hydrogens (tertiary/aromatic N) is 2. The van der Waals surface area contributed by atoms with E-state index in [1.54, 1.807) is 13.8 Å². The quantitative estimate of drug-likeness (QED) is 0.835. The van der Waals surface area contributed by atoms with Crippen molar-refractivity contribution >= 4 is 23.2 Å². The second-order valence-electron chi connectivity index (χ2n) is 5.91. The smallest absolute Gasteiger partial charge is 0.287 e. The lowest BCUT2D eigenvalue weighted by Gasteiger charge is -2.26. The number of halogens is 1. The van der Waals surface area contributed by atoms with Gasteiger partial charge < -0.3 is 11.1 Å². The molecule has 0 saturated heterocycles. The van der Waals surface area contributed by atoms with Crippen LogP contribution in [0.4, 0.5) is 5.69 Å². The van der Waals surface area contributed by atoms with E-state index in [1.807, 2.05) is 13.8 Å². The van der Waals surface area contributed by atoms with Crippen LogP contribution in [0.1, 0.15) is 34.1 Å². The highest BCUT2D eigenvalue weighted by Crippen LogP contribution is 2.22. The summed E-state index contributed by atoms with van der Waals surface area (Å²) >= 11 is 6.07. The first-order valence-electron chi connectivity index (χ1n) is 6.44. The molecule has 112 valence electrons. The third-order valence-electron chi connectivity index (χ3n) is 2.61. The molecule has 0 saturated carbocycles. The van der Waals surface area contributed by atoms with E-state index in [4.69, 9.17) is 17.3 Å². The fourth-order valence-electron chi connectivity index (χ4n) is 1.87. The van der Waals surface area contributed by atoms with Gasteiger partial charge in [0.15, 0.2) is 0 Å². The number of hydrogen-bond acceptors (Lipinski definition) is 4. The van der Waals surface area contributed by atoms with Crippen molar-refractivity contribution in [2.45, 2.75) is 46.2 Å². The molecule has 0 fully saturated rings. The van der Waals surface area contributed by atoms with Crippen LogP contribution in [0.5, 0.6) is 0 Å². The average Bonchev–Trinajstić information content (AvgIpc) is 2.26. The van der Waals surface area contributed by atoms with Crippen LogP contribution in [-0.4, -0.2) is 21.2 Å². The Morgan fingerprint density at radius 3 is 2.65 bits per heavy atom. The van der Waals surface area contributed by atoms with E-state index in [9.17, 15) is 9.59 Å². The second-order valence-corrected chi connectivity index (χ2v) is 6.28. The van der Waals surface area contributed by atoms with Gasteiger partial charge in [-0.25, -0.2) is 4.68 Å². The molecule has 1 aromatic heterocycles. The lowest BCUT2D eigenvalue weighted by atomic mass is 10.00. The van der Waals surface area contributed by atoms with Gasteiger partial charge in [0.05, 0.1) is 11.9 Å². The SMILES string of the molecule is CC(C)Cn1ncc(NC(C)(C)CC(N)=O)c(Cl)c1=O. The van der Waals surface area contributed by atoms with Gasteiger partial charge in [0.1, 0.15) is 5.02 Å². The van der Waals surface area contributed by atoms with Crippen LogP contribution in [0.3, 0.4) is 0 Å². The number of rotatable bonds is 6. The summed E-state index contributed by atoms with van der Waals surface area (Å²) in [5.41, 5.74) is 4.64. The van der Waals surface area contributed by atoms with E-state index in [0.29, 0.717) is 18.2 Å². The molecule has 0 aromatic carbocycles. The van der Waals surface area contributed by atoms with Crippen LogP contribution in [0.2, 0.25) is 5.02 Å². The van der Waals surface area contributed by atoms with E-state index in [1.165, 1.54) is 10.9 Å². The minimum Gasteiger partial charge on any atom is -0.377 e. The molecule has 20 heavy (non-hydrogen) atoms. The zero-order chi connectivity index (χ0) is 15.5. The number of nitrogens with one attached hydrogen (secondary N) is 1. The maximum Gasteiger partial charge on any atom is 0.287 e. The zero-order valence-electron chi connectivity index (χ0n) is 12.2. The first kappa shape index (κ1) is 16.5. The van der Waals surface area contributed by atoms with Gasteiger partial charge in [0.2, 0.25) is 5.91 Å². The summed E-state index contributed by atoms with van der Waals surface area (Å²) in [7, 11) is 0. The third kappa shape index (κ3) is 4.52. The van der Waals surface area contributed by atoms with Gasteiger partial charge in [-0.2, -0.15) is 5.10 Å². The van der Waals surface area contributed by atoms with Gasteiger partial charge >= 0.3 is 0 Å². The highest BCUT2D eigenvalue weighted by atomic mass is 35.5. The van der Waals surface area contributed by atoms with Crippen LogP contribution >= 0.6 is 11.6 Å². The summed E-state index contributed by atoms with van der Waals surface area (Å²) in [5.74, 6) is -0.138. The first-order valence-corrected chi connectivity index (χ1v) is 6.82. The topological polar surface area (TPSA) is 90.0 Å². The minimum absolute atomic E-state index is 0.0678. The van der Waals surface area contributed by atoms with E-state index in [0.717, 1.165) is 0 Å². The highest BCUT2D eigenvalue weighted by molar-refractivity contribution is 6.32. The number of nitrogens with two attached hydrogens (primary N) is 1. The van der Waals surface area contributed by atoms with E-state index < -0.39 is 11.4 Å². The van der Waals surface area contributed by atoms with Gasteiger partial charge in [-0.3, -0.25) is 9.59 Å². The van der Waals surface area contributed by atoms with E-state index in [-0.39, 0.29) is 17.0 Å². The summed E-state index contributed by atoms with van der Waals surface area (Å²) < 4.78 is 1.33. The molecule has 0 unspecified atom stereocenters. The van der Waals surface area contributed by atoms with Gasteiger partial charge in [0, 0.05) is 18.5 Å². The molecule has 0 spiro atoms. The molecule has 0 aliphatic carbocycles. The Bertz CT molecular complexity index is 552. The number of hydrogen-bond donors (Lipinski definition) is 2. The summed E-state index contributed by atoms with van der Waals surface area (Å²) in [6.45, 7) is 8.08. The van der Waals surface area contributed by atoms with Crippen molar-refractivity contribution < 1.29 is 4.79 Å². The largest absolute Gasteiger partial charge is 0.377 e. The number of amides is 1. The van der Waals surface area contributed by atoms with Crippen molar-refractivity contribution in [3.05, 3.63) is 21.6 Å². The molecule has 0 aliphatic rings. The predicted octanol–water partition coefficient (Wildman–Crippen LogP) is 1.62. The lowest BCUT2D eigenvalue weighted by molar-refractivity contribution is -0.118. The Morgan fingerprint density at radius 2 is 2.15 bits per heavy atom. The van der Waals surface area contributed by atoms with Gasteiger partial charge in [-0.15, -0.1) is 0 Å². The monoisotopic (exact) mass is 300 g/mol. The molecule has 6 nitrogen and oxygen atoms in total. The molecule has 1 heterocycles. The van der Waals surface area contributed by atoms with Crippen molar-refractivity contribution in [1.29, 1.82) is 0 Å². The van der Waals surface area contributed by atoms with Crippen molar-refractivity contribution in [3.63, 3.8) is 0 Å². The Kier molecular flexibility index (Phi) is 5.16. The number of carbonyl (C=O) groups excluding carboxylic acids is 1. The predicted molar refractivity (Wildman–Crippen MR) is 79.9 cm³/mol. The summed E-state index contributed by atoms with van der Waals surface area (Å²) in [6.07, 6.45) is 1.62. The maximum atomic E-state index is 12.1. The van der Waals surface area contributed by atoms with E-state index in [2.05, 4.69) is 10.4 Å². The van der Waals surface area contributed by atoms with Gasteiger partial charge in [-0.05, 0) is 19.8 Å². The molecular weight excluding hydrogens is 280 g/mol. The molecule has 7 heteroatoms. The Labute approximate surface area is 123 Å². The molecule has 0 bridgehead atoms. The Hall–Kier alpha value is -1.56. The number of anilines is 1. The summed E-state index contributed by atoms with van der Waals surface area (Å²) in [4.78, 5) is 23.1. The van der Waals surface area contributed by atoms with Crippen molar-refractivity contribution in [1.82, 2.24) is 9.78 Å². The number of carbonyl (C=O) groups is 1. The normalized spacial score (nSPS) is 11.7. The number of primary amides is 1. The van der Waals surface area contributed by atoms with Crippen LogP contribution in [0.15, 0.2) is 11.0 Å². The van der Waals surface area contributed by atoms with Crippen molar-refractivity contribution in [3.8, 4) is 0 Å². The molecule has 1 aromatic rings. The van der Waals surface area contributed by atoms with Crippen LogP contribution in [-0.2, 0) is 11.3 Å². The fourth-order valence-corrected chi connectivity index (χ4v) is 2.07. The molecule has 1 rings (SSSR count). The molecular formula is C13H21ClN4O2. The molecule has 0 radical (unpaired) electrons. The summed E-state index contributed by atoms with van der Waals surface area (Å²) in [6, 6.07) is 0. The Morgan fingerprint density at radius 1 is 1.55 bits per heavy atom. The Balaban J connectivity index is 3.01. The second kappa shape index (κ2) is 6.26.